The molecule has 11 heteroatoms. The molecule has 2 aliphatic rings. The number of alkyl halides is 1. The monoisotopic (exact) mass is 560 g/mol. The van der Waals surface area contributed by atoms with Gasteiger partial charge >= 0.3 is 5.97 Å². The van der Waals surface area contributed by atoms with Gasteiger partial charge in [-0.3, -0.25) is 4.98 Å². The predicted molar refractivity (Wildman–Crippen MR) is 146 cm³/mol. The zero-order chi connectivity index (χ0) is 26.5. The third kappa shape index (κ3) is 4.99. The third-order valence-electron chi connectivity index (χ3n) is 7.07. The van der Waals surface area contributed by atoms with Crippen molar-refractivity contribution in [1.82, 2.24) is 14.5 Å². The summed E-state index contributed by atoms with van der Waals surface area (Å²) in [4.78, 5) is 20.6. The van der Waals surface area contributed by atoms with Crippen LogP contribution in [0, 0.1) is 5.82 Å². The highest BCUT2D eigenvalue weighted by Crippen LogP contribution is 2.42. The number of imidazole rings is 1. The molecule has 196 valence electrons. The lowest BCUT2D eigenvalue weighted by Gasteiger charge is -2.26. The molecular formula is C26H30ClFN4O3SSi. The number of hydrogen-bond donors (Lipinski definition) is 2. The smallest absolute Gasteiger partial charge is 0.348 e. The van der Waals surface area contributed by atoms with Gasteiger partial charge in [-0.1, -0.05) is 19.6 Å². The number of nitrogens with zero attached hydrogens (tertiary/aromatic N) is 3. The standard InChI is InChI=1S/C26H30ClFN4O3SSi/c1-37(2,3)7-6-35-13-32-20(18-12-36-24(21(18)28)26(33)34)11-31-25(32)16-5-4-14-8-15(10-30-23(14)16)17-9-19(27)22(17)29/h8,10-12,16,19H,4-7,9,13,29H2,1-3H3,(H,33,34)/t16?,19-/m0/s1. The summed E-state index contributed by atoms with van der Waals surface area (Å²) in [6.07, 6.45) is 5.85. The van der Waals surface area contributed by atoms with Crippen LogP contribution in [0.25, 0.3) is 16.8 Å². The van der Waals surface area contributed by atoms with Crippen LogP contribution in [0.3, 0.4) is 0 Å². The molecule has 0 amide bonds. The van der Waals surface area contributed by atoms with Crippen LogP contribution in [0.4, 0.5) is 4.39 Å². The van der Waals surface area contributed by atoms with Gasteiger partial charge in [-0.2, -0.15) is 0 Å². The number of aryl methyl sites for hydroxylation is 1. The average molecular weight is 561 g/mol. The van der Waals surface area contributed by atoms with Crippen molar-refractivity contribution in [3.63, 3.8) is 0 Å². The minimum absolute atomic E-state index is 0.0764. The van der Waals surface area contributed by atoms with E-state index in [1.807, 2.05) is 10.8 Å². The van der Waals surface area contributed by atoms with Gasteiger partial charge in [0, 0.05) is 37.5 Å². The first-order valence-electron chi connectivity index (χ1n) is 12.3. The number of thiophene rings is 1. The second kappa shape index (κ2) is 9.98. The molecular weight excluding hydrogens is 531 g/mol. The van der Waals surface area contributed by atoms with Crippen molar-refractivity contribution < 1.29 is 19.0 Å². The van der Waals surface area contributed by atoms with Gasteiger partial charge < -0.3 is 20.1 Å². The molecule has 1 unspecified atom stereocenters. The van der Waals surface area contributed by atoms with E-state index in [0.29, 0.717) is 18.0 Å². The Bertz CT molecular complexity index is 1400. The van der Waals surface area contributed by atoms with E-state index in [2.05, 4.69) is 25.7 Å². The lowest BCUT2D eigenvalue weighted by Crippen LogP contribution is -2.24. The second-order valence-electron chi connectivity index (χ2n) is 10.8. The molecule has 3 aromatic heterocycles. The van der Waals surface area contributed by atoms with Crippen LogP contribution in [0.1, 0.15) is 51.1 Å². The van der Waals surface area contributed by atoms with Gasteiger partial charge in [0.25, 0.3) is 0 Å². The molecule has 3 N–H and O–H groups in total. The lowest BCUT2D eigenvalue weighted by atomic mass is 9.88. The Kier molecular flexibility index (Phi) is 7.03. The fourth-order valence-corrected chi connectivity index (χ4v) is 6.67. The van der Waals surface area contributed by atoms with Crippen LogP contribution >= 0.6 is 22.9 Å². The number of nitrogens with two attached hydrogens (primary N) is 1. The van der Waals surface area contributed by atoms with Crippen LogP contribution in [-0.4, -0.2) is 45.7 Å². The second-order valence-corrected chi connectivity index (χ2v) is 17.9. The highest BCUT2D eigenvalue weighted by atomic mass is 35.5. The first kappa shape index (κ1) is 26.1. The molecule has 0 saturated heterocycles. The molecule has 0 aromatic carbocycles. The quantitative estimate of drug-likeness (QED) is 0.191. The molecule has 0 bridgehead atoms. The van der Waals surface area contributed by atoms with E-state index in [0.717, 1.165) is 64.9 Å². The Hall–Kier alpha value is -2.53. The Morgan fingerprint density at radius 2 is 2.14 bits per heavy atom. The van der Waals surface area contributed by atoms with E-state index in [-0.39, 0.29) is 28.5 Å². The average Bonchev–Trinajstić information content (AvgIpc) is 3.55. The summed E-state index contributed by atoms with van der Waals surface area (Å²) < 4.78 is 23.0. The van der Waals surface area contributed by atoms with Crippen LogP contribution < -0.4 is 5.73 Å². The van der Waals surface area contributed by atoms with E-state index < -0.39 is 19.9 Å². The third-order valence-corrected chi connectivity index (χ3v) is 10.1. The highest BCUT2D eigenvalue weighted by Gasteiger charge is 2.33. The molecule has 5 rings (SSSR count). The zero-order valence-corrected chi connectivity index (χ0v) is 23.6. The molecule has 0 fully saturated rings. The zero-order valence-electron chi connectivity index (χ0n) is 21.1. The number of carboxylic acid groups (broad SMARTS) is 1. The molecule has 2 aliphatic carbocycles. The van der Waals surface area contributed by atoms with Gasteiger partial charge in [-0.15, -0.1) is 22.9 Å². The number of allylic oxidation sites excluding steroid dienone is 2. The van der Waals surface area contributed by atoms with E-state index in [1.54, 1.807) is 6.20 Å². The van der Waals surface area contributed by atoms with Crippen LogP contribution in [0.2, 0.25) is 25.7 Å². The van der Waals surface area contributed by atoms with E-state index in [9.17, 15) is 9.90 Å². The molecule has 0 radical (unpaired) electrons. The number of hydrogen-bond acceptors (Lipinski definition) is 6. The number of carboxylic acids is 1. The predicted octanol–water partition coefficient (Wildman–Crippen LogP) is 5.92. The normalized spacial score (nSPS) is 19.3. The van der Waals surface area contributed by atoms with Crippen molar-refractivity contribution >= 4 is 42.6 Å². The molecule has 37 heavy (non-hydrogen) atoms. The summed E-state index contributed by atoms with van der Waals surface area (Å²) in [6, 6.07) is 3.14. The highest BCUT2D eigenvalue weighted by molar-refractivity contribution is 7.12. The first-order chi connectivity index (χ1) is 17.5. The van der Waals surface area contributed by atoms with Gasteiger partial charge in [0.1, 0.15) is 17.4 Å². The maximum atomic E-state index is 15.1. The molecule has 3 heterocycles. The summed E-state index contributed by atoms with van der Waals surface area (Å²) in [5.41, 5.74) is 11.7. The van der Waals surface area contributed by atoms with Gasteiger partial charge in [-0.05, 0) is 48.1 Å². The molecule has 0 saturated carbocycles. The number of carbonyl (C=O) groups is 1. The van der Waals surface area contributed by atoms with Crippen LogP contribution in [-0.2, 0) is 17.9 Å². The van der Waals surface area contributed by atoms with Gasteiger partial charge in [0.2, 0.25) is 0 Å². The molecule has 0 aliphatic heterocycles. The minimum atomic E-state index is -1.29. The number of fused-ring (bicyclic) bond motifs is 1. The molecule has 2 atom stereocenters. The summed E-state index contributed by atoms with van der Waals surface area (Å²) in [5.74, 6) is -1.36. The van der Waals surface area contributed by atoms with Crippen molar-refractivity contribution in [3.05, 3.63) is 62.9 Å². The number of halogens is 2. The van der Waals surface area contributed by atoms with Gasteiger partial charge in [0.05, 0.1) is 28.9 Å². The van der Waals surface area contributed by atoms with Crippen molar-refractivity contribution in [1.29, 1.82) is 0 Å². The fourth-order valence-electron chi connectivity index (χ4n) is 4.85. The Morgan fingerprint density at radius 1 is 1.35 bits per heavy atom. The number of aromatic carboxylic acids is 1. The summed E-state index contributed by atoms with van der Waals surface area (Å²) in [7, 11) is -1.29. The van der Waals surface area contributed by atoms with Crippen LogP contribution in [0.15, 0.2) is 29.5 Å². The Morgan fingerprint density at radius 3 is 2.78 bits per heavy atom. The fraction of sp³-hybridized carbons (Fsp3) is 0.423. The number of pyridine rings is 1. The molecule has 7 nitrogen and oxygen atoms in total. The van der Waals surface area contributed by atoms with Crippen molar-refractivity contribution in [3.8, 4) is 11.3 Å². The Labute approximate surface area is 225 Å². The first-order valence-corrected chi connectivity index (χ1v) is 17.3. The Balaban J connectivity index is 1.49. The van der Waals surface area contributed by atoms with Crippen molar-refractivity contribution in [2.45, 2.75) is 63.0 Å². The van der Waals surface area contributed by atoms with E-state index in [4.69, 9.17) is 32.0 Å². The van der Waals surface area contributed by atoms with Crippen molar-refractivity contribution in [2.75, 3.05) is 6.61 Å². The SMILES string of the molecule is C[Si](C)(C)CCOCn1c(-c2csc(C(=O)O)c2F)cnc1C1CCc2cc(C3=C(N)[C@@H](Cl)C3)cnc21. The topological polar surface area (TPSA) is 103 Å². The largest absolute Gasteiger partial charge is 0.477 e. The summed E-state index contributed by atoms with van der Waals surface area (Å²) in [6.45, 7) is 7.66. The van der Waals surface area contributed by atoms with Crippen molar-refractivity contribution in [2.24, 2.45) is 5.73 Å². The molecule has 3 aromatic rings. The van der Waals surface area contributed by atoms with E-state index in [1.165, 1.54) is 5.38 Å². The maximum absolute atomic E-state index is 15.1. The lowest BCUT2D eigenvalue weighted by molar-refractivity contribution is 0.0698. The van der Waals surface area contributed by atoms with Crippen LogP contribution in [0.5, 0.6) is 0 Å². The summed E-state index contributed by atoms with van der Waals surface area (Å²) in [5, 5.41) is 10.8. The number of aromatic nitrogens is 3. The number of rotatable bonds is 9. The number of ether oxygens (including phenoxy) is 1. The summed E-state index contributed by atoms with van der Waals surface area (Å²) >= 11 is 7.03. The molecule has 0 spiro atoms. The van der Waals surface area contributed by atoms with Gasteiger partial charge in [-0.25, -0.2) is 14.2 Å². The maximum Gasteiger partial charge on any atom is 0.348 e. The minimum Gasteiger partial charge on any atom is -0.477 e. The van der Waals surface area contributed by atoms with Gasteiger partial charge in [0.15, 0.2) is 5.82 Å². The van der Waals surface area contributed by atoms with E-state index >= 15 is 4.39 Å².